The Hall–Kier alpha value is -1.39. The van der Waals surface area contributed by atoms with Crippen LogP contribution in [0.15, 0.2) is 30.5 Å². The first-order valence-corrected chi connectivity index (χ1v) is 4.62. The molecule has 4 nitrogen and oxygen atoms in total. The monoisotopic (exact) mass is 191 g/mol. The first-order chi connectivity index (χ1) is 6.81. The van der Waals surface area contributed by atoms with Crippen molar-refractivity contribution in [2.75, 3.05) is 6.61 Å². The van der Waals surface area contributed by atoms with E-state index in [1.807, 2.05) is 30.5 Å². The molecular formula is C10H13N3O. The summed E-state index contributed by atoms with van der Waals surface area (Å²) in [6.45, 7) is 0.0923. The Morgan fingerprint density at radius 3 is 3.07 bits per heavy atom. The van der Waals surface area contributed by atoms with E-state index in [2.05, 4.69) is 5.10 Å². The standard InChI is InChI=1S/C10H13N3O/c11-9(4-6-14)10-7-8-3-1-2-5-13(8)12-10/h1-3,5,7,9,14H,4,6,11H2. The smallest absolute Gasteiger partial charge is 0.0803 e. The number of rotatable bonds is 3. The van der Waals surface area contributed by atoms with Gasteiger partial charge in [-0.05, 0) is 24.6 Å². The van der Waals surface area contributed by atoms with Crippen LogP contribution in [0.4, 0.5) is 0 Å². The van der Waals surface area contributed by atoms with Gasteiger partial charge in [-0.25, -0.2) is 4.52 Å². The fourth-order valence-electron chi connectivity index (χ4n) is 1.43. The molecule has 2 aromatic heterocycles. The molecular weight excluding hydrogens is 178 g/mol. The Morgan fingerprint density at radius 1 is 1.50 bits per heavy atom. The van der Waals surface area contributed by atoms with Gasteiger partial charge in [-0.1, -0.05) is 6.07 Å². The average Bonchev–Trinajstić information content (AvgIpc) is 2.61. The molecule has 0 aliphatic heterocycles. The van der Waals surface area contributed by atoms with Gasteiger partial charge in [0.1, 0.15) is 0 Å². The molecule has 14 heavy (non-hydrogen) atoms. The SMILES string of the molecule is NC(CCO)c1cc2ccccn2n1. The van der Waals surface area contributed by atoms with Gasteiger partial charge in [0.25, 0.3) is 0 Å². The molecule has 0 aliphatic carbocycles. The summed E-state index contributed by atoms with van der Waals surface area (Å²) in [5.41, 5.74) is 7.68. The van der Waals surface area contributed by atoms with Crippen LogP contribution in [0.1, 0.15) is 18.2 Å². The van der Waals surface area contributed by atoms with Crippen molar-refractivity contribution in [3.63, 3.8) is 0 Å². The van der Waals surface area contributed by atoms with Crippen LogP contribution in [0.3, 0.4) is 0 Å². The second-order valence-corrected chi connectivity index (χ2v) is 3.26. The Labute approximate surface area is 82.0 Å². The van der Waals surface area contributed by atoms with Crippen molar-refractivity contribution in [1.82, 2.24) is 9.61 Å². The van der Waals surface area contributed by atoms with E-state index in [1.165, 1.54) is 0 Å². The van der Waals surface area contributed by atoms with Crippen LogP contribution in [-0.4, -0.2) is 21.3 Å². The molecule has 2 rings (SSSR count). The van der Waals surface area contributed by atoms with Crippen molar-refractivity contribution >= 4 is 5.52 Å². The third-order valence-electron chi connectivity index (χ3n) is 2.21. The van der Waals surface area contributed by atoms with Gasteiger partial charge in [0, 0.05) is 12.8 Å². The van der Waals surface area contributed by atoms with Gasteiger partial charge >= 0.3 is 0 Å². The van der Waals surface area contributed by atoms with Crippen molar-refractivity contribution < 1.29 is 5.11 Å². The number of hydrogen-bond donors (Lipinski definition) is 2. The number of aromatic nitrogens is 2. The quantitative estimate of drug-likeness (QED) is 0.751. The zero-order chi connectivity index (χ0) is 9.97. The van der Waals surface area contributed by atoms with E-state index in [-0.39, 0.29) is 12.6 Å². The summed E-state index contributed by atoms with van der Waals surface area (Å²) in [4.78, 5) is 0. The third-order valence-corrected chi connectivity index (χ3v) is 2.21. The summed E-state index contributed by atoms with van der Waals surface area (Å²) in [6, 6.07) is 7.61. The van der Waals surface area contributed by atoms with Crippen LogP contribution in [0.5, 0.6) is 0 Å². The topological polar surface area (TPSA) is 63.5 Å². The molecule has 2 heterocycles. The number of nitrogens with zero attached hydrogens (tertiary/aromatic N) is 2. The van der Waals surface area contributed by atoms with Gasteiger partial charge in [-0.3, -0.25) is 0 Å². The van der Waals surface area contributed by atoms with E-state index >= 15 is 0 Å². The zero-order valence-electron chi connectivity index (χ0n) is 7.80. The first-order valence-electron chi connectivity index (χ1n) is 4.62. The van der Waals surface area contributed by atoms with E-state index in [1.54, 1.807) is 4.52 Å². The number of aliphatic hydroxyl groups is 1. The van der Waals surface area contributed by atoms with Crippen molar-refractivity contribution in [3.8, 4) is 0 Å². The molecule has 1 unspecified atom stereocenters. The van der Waals surface area contributed by atoms with Gasteiger partial charge in [0.15, 0.2) is 0 Å². The number of fused-ring (bicyclic) bond motifs is 1. The second-order valence-electron chi connectivity index (χ2n) is 3.26. The lowest BCUT2D eigenvalue weighted by atomic mass is 10.1. The maximum Gasteiger partial charge on any atom is 0.0803 e. The van der Waals surface area contributed by atoms with Crippen molar-refractivity contribution in [2.24, 2.45) is 5.73 Å². The molecule has 0 aromatic carbocycles. The predicted molar refractivity (Wildman–Crippen MR) is 53.8 cm³/mol. The molecule has 2 aromatic rings. The summed E-state index contributed by atoms with van der Waals surface area (Å²) in [6.07, 6.45) is 2.42. The van der Waals surface area contributed by atoms with E-state index in [9.17, 15) is 0 Å². The van der Waals surface area contributed by atoms with E-state index in [0.717, 1.165) is 11.2 Å². The third kappa shape index (κ3) is 1.62. The minimum absolute atomic E-state index is 0.0923. The van der Waals surface area contributed by atoms with Crippen LogP contribution < -0.4 is 5.73 Å². The molecule has 3 N–H and O–H groups in total. The largest absolute Gasteiger partial charge is 0.396 e. The second kappa shape index (κ2) is 3.77. The fraction of sp³-hybridized carbons (Fsp3) is 0.300. The molecule has 1 atom stereocenters. The predicted octanol–water partition coefficient (Wildman–Crippen LogP) is 0.716. The first kappa shape index (κ1) is 9.18. The zero-order valence-corrected chi connectivity index (χ0v) is 7.80. The molecule has 0 radical (unpaired) electrons. The molecule has 74 valence electrons. The maximum absolute atomic E-state index is 8.76. The highest BCUT2D eigenvalue weighted by molar-refractivity contribution is 5.47. The van der Waals surface area contributed by atoms with E-state index in [0.29, 0.717) is 6.42 Å². The Bertz CT molecular complexity index is 391. The Kier molecular flexibility index (Phi) is 2.47. The molecule has 0 spiro atoms. The minimum atomic E-state index is -0.181. The summed E-state index contributed by atoms with van der Waals surface area (Å²) in [7, 11) is 0. The highest BCUT2D eigenvalue weighted by Gasteiger charge is 2.09. The number of pyridine rings is 1. The number of hydrogen-bond acceptors (Lipinski definition) is 3. The van der Waals surface area contributed by atoms with Gasteiger partial charge in [-0.2, -0.15) is 5.10 Å². The minimum Gasteiger partial charge on any atom is -0.396 e. The molecule has 0 bridgehead atoms. The van der Waals surface area contributed by atoms with E-state index < -0.39 is 0 Å². The maximum atomic E-state index is 8.76. The molecule has 0 saturated carbocycles. The van der Waals surface area contributed by atoms with Crippen LogP contribution in [0.25, 0.3) is 5.52 Å². The van der Waals surface area contributed by atoms with Crippen molar-refractivity contribution in [2.45, 2.75) is 12.5 Å². The normalized spacial score (nSPS) is 13.3. The van der Waals surface area contributed by atoms with Crippen LogP contribution in [0.2, 0.25) is 0 Å². The van der Waals surface area contributed by atoms with Crippen molar-refractivity contribution in [1.29, 1.82) is 0 Å². The summed E-state index contributed by atoms with van der Waals surface area (Å²) in [5.74, 6) is 0. The van der Waals surface area contributed by atoms with Crippen LogP contribution >= 0.6 is 0 Å². The molecule has 0 fully saturated rings. The van der Waals surface area contributed by atoms with E-state index in [4.69, 9.17) is 10.8 Å². The fourth-order valence-corrected chi connectivity index (χ4v) is 1.43. The highest BCUT2D eigenvalue weighted by Crippen LogP contribution is 2.14. The van der Waals surface area contributed by atoms with Gasteiger partial charge in [0.2, 0.25) is 0 Å². The lowest BCUT2D eigenvalue weighted by Gasteiger charge is -2.04. The molecule has 0 amide bonds. The summed E-state index contributed by atoms with van der Waals surface area (Å²) >= 11 is 0. The average molecular weight is 191 g/mol. The van der Waals surface area contributed by atoms with Gasteiger partial charge in [-0.15, -0.1) is 0 Å². The number of nitrogens with two attached hydrogens (primary N) is 1. The number of aliphatic hydroxyl groups excluding tert-OH is 1. The summed E-state index contributed by atoms with van der Waals surface area (Å²) in [5, 5.41) is 13.1. The highest BCUT2D eigenvalue weighted by atomic mass is 16.3. The molecule has 4 heteroatoms. The molecule has 0 saturated heterocycles. The lowest BCUT2D eigenvalue weighted by Crippen LogP contribution is -2.12. The van der Waals surface area contributed by atoms with Gasteiger partial charge in [0.05, 0.1) is 17.3 Å². The lowest BCUT2D eigenvalue weighted by molar-refractivity contribution is 0.275. The van der Waals surface area contributed by atoms with Crippen LogP contribution in [0, 0.1) is 0 Å². The van der Waals surface area contributed by atoms with Crippen molar-refractivity contribution in [3.05, 3.63) is 36.2 Å². The Morgan fingerprint density at radius 2 is 2.36 bits per heavy atom. The van der Waals surface area contributed by atoms with Crippen LogP contribution in [-0.2, 0) is 0 Å². The molecule has 0 aliphatic rings. The summed E-state index contributed by atoms with van der Waals surface area (Å²) < 4.78 is 1.78. The van der Waals surface area contributed by atoms with Gasteiger partial charge < -0.3 is 10.8 Å². The Balaban J connectivity index is 2.35.